The number of rotatable bonds is 2. The summed E-state index contributed by atoms with van der Waals surface area (Å²) in [6, 6.07) is -0.106. The molecule has 0 saturated heterocycles. The topological polar surface area (TPSA) is 43.1 Å². The lowest BCUT2D eigenvalue weighted by molar-refractivity contribution is -0.884. The zero-order valence-corrected chi connectivity index (χ0v) is 6.51. The van der Waals surface area contributed by atoms with Gasteiger partial charge in [0, 0.05) is 0 Å². The molecule has 0 saturated carbocycles. The molecule has 3 heteroatoms. The SMILES string of the molecule is CC(C(N)=O)[N+](C)(C)C. The van der Waals surface area contributed by atoms with Crippen molar-refractivity contribution in [1.29, 1.82) is 0 Å². The minimum Gasteiger partial charge on any atom is -0.365 e. The maximum absolute atomic E-state index is 10.6. The number of hydrogen-bond donors (Lipinski definition) is 1. The molecule has 0 spiro atoms. The molecule has 0 bridgehead atoms. The number of carbonyl (C=O) groups is 1. The Labute approximate surface area is 56.0 Å². The van der Waals surface area contributed by atoms with Crippen LogP contribution in [0.2, 0.25) is 0 Å². The van der Waals surface area contributed by atoms with E-state index in [1.807, 2.05) is 28.1 Å². The van der Waals surface area contributed by atoms with E-state index in [-0.39, 0.29) is 11.9 Å². The predicted molar refractivity (Wildman–Crippen MR) is 36.7 cm³/mol. The zero-order valence-electron chi connectivity index (χ0n) is 6.51. The summed E-state index contributed by atoms with van der Waals surface area (Å²) in [4.78, 5) is 10.6. The lowest BCUT2D eigenvalue weighted by Gasteiger charge is -2.28. The molecule has 0 aromatic carbocycles. The molecule has 0 rings (SSSR count). The molecule has 1 unspecified atom stereocenters. The molecular formula is C6H15N2O+. The average Bonchev–Trinajstić information content (AvgIpc) is 1.62. The monoisotopic (exact) mass is 131 g/mol. The van der Waals surface area contributed by atoms with Crippen molar-refractivity contribution < 1.29 is 9.28 Å². The van der Waals surface area contributed by atoms with Crippen molar-refractivity contribution in [2.45, 2.75) is 13.0 Å². The van der Waals surface area contributed by atoms with Crippen molar-refractivity contribution in [2.24, 2.45) is 5.73 Å². The second-order valence-corrected chi connectivity index (χ2v) is 3.19. The van der Waals surface area contributed by atoms with Gasteiger partial charge >= 0.3 is 0 Å². The van der Waals surface area contributed by atoms with Crippen molar-refractivity contribution >= 4 is 5.91 Å². The molecule has 2 N–H and O–H groups in total. The van der Waals surface area contributed by atoms with Crippen LogP contribution in [0.1, 0.15) is 6.92 Å². The fourth-order valence-corrected chi connectivity index (χ4v) is 0.382. The molecule has 1 amide bonds. The zero-order chi connectivity index (χ0) is 7.65. The van der Waals surface area contributed by atoms with Gasteiger partial charge in [-0.15, -0.1) is 0 Å². The van der Waals surface area contributed by atoms with Gasteiger partial charge in [0.15, 0.2) is 6.04 Å². The van der Waals surface area contributed by atoms with Crippen LogP contribution < -0.4 is 5.73 Å². The Morgan fingerprint density at radius 3 is 1.78 bits per heavy atom. The number of hydrogen-bond acceptors (Lipinski definition) is 1. The molecule has 0 heterocycles. The van der Waals surface area contributed by atoms with Gasteiger partial charge in [-0.3, -0.25) is 4.79 Å². The molecule has 0 aliphatic carbocycles. The summed E-state index contributed by atoms with van der Waals surface area (Å²) in [6.45, 7) is 1.82. The third-order valence-corrected chi connectivity index (χ3v) is 1.57. The Morgan fingerprint density at radius 2 is 1.78 bits per heavy atom. The number of nitrogens with two attached hydrogens (primary N) is 1. The van der Waals surface area contributed by atoms with Crippen molar-refractivity contribution in [3.63, 3.8) is 0 Å². The van der Waals surface area contributed by atoms with E-state index < -0.39 is 0 Å². The van der Waals surface area contributed by atoms with Crippen LogP contribution >= 0.6 is 0 Å². The molecule has 0 aromatic heterocycles. The Balaban J connectivity index is 4.04. The number of nitrogens with zero attached hydrogens (tertiary/aromatic N) is 1. The minimum atomic E-state index is -0.248. The summed E-state index contributed by atoms with van der Waals surface area (Å²) in [7, 11) is 5.82. The third-order valence-electron chi connectivity index (χ3n) is 1.57. The molecule has 9 heavy (non-hydrogen) atoms. The summed E-state index contributed by atoms with van der Waals surface area (Å²) in [6.07, 6.45) is 0. The van der Waals surface area contributed by atoms with E-state index in [1.54, 1.807) is 0 Å². The molecule has 0 aliphatic heterocycles. The summed E-state index contributed by atoms with van der Waals surface area (Å²) in [5.74, 6) is -0.248. The fraction of sp³-hybridized carbons (Fsp3) is 0.833. The number of quaternary nitrogens is 1. The summed E-state index contributed by atoms with van der Waals surface area (Å²) < 4.78 is 0.593. The van der Waals surface area contributed by atoms with Gasteiger partial charge in [0.05, 0.1) is 21.1 Å². The van der Waals surface area contributed by atoms with Gasteiger partial charge in [0.25, 0.3) is 5.91 Å². The van der Waals surface area contributed by atoms with Gasteiger partial charge < -0.3 is 10.2 Å². The maximum Gasteiger partial charge on any atom is 0.275 e. The van der Waals surface area contributed by atoms with Gasteiger partial charge in [0.1, 0.15) is 0 Å². The fourth-order valence-electron chi connectivity index (χ4n) is 0.382. The lowest BCUT2D eigenvalue weighted by Crippen LogP contribution is -2.50. The highest BCUT2D eigenvalue weighted by Gasteiger charge is 2.23. The quantitative estimate of drug-likeness (QED) is 0.507. The standard InChI is InChI=1S/C6H14N2O/c1-5(6(7)9)8(2,3)4/h5H,1-4H3,(H-,7,9)/p+1. The van der Waals surface area contributed by atoms with E-state index in [0.717, 1.165) is 0 Å². The average molecular weight is 131 g/mol. The second kappa shape index (κ2) is 2.35. The molecular weight excluding hydrogens is 116 g/mol. The van der Waals surface area contributed by atoms with Crippen LogP contribution in [0, 0.1) is 0 Å². The summed E-state index contributed by atoms with van der Waals surface area (Å²) in [5, 5.41) is 0. The number of primary amides is 1. The highest BCUT2D eigenvalue weighted by atomic mass is 16.1. The Kier molecular flexibility index (Phi) is 2.20. The summed E-state index contributed by atoms with van der Waals surface area (Å²) >= 11 is 0. The Hall–Kier alpha value is -0.570. The normalized spacial score (nSPS) is 15.1. The van der Waals surface area contributed by atoms with Crippen LogP contribution in [0.3, 0.4) is 0 Å². The van der Waals surface area contributed by atoms with Gasteiger partial charge in [-0.2, -0.15) is 0 Å². The maximum atomic E-state index is 10.6. The van der Waals surface area contributed by atoms with Crippen LogP contribution in [0.25, 0.3) is 0 Å². The van der Waals surface area contributed by atoms with Crippen molar-refractivity contribution in [2.75, 3.05) is 21.1 Å². The molecule has 0 aliphatic rings. The molecule has 0 fully saturated rings. The van der Waals surface area contributed by atoms with Crippen LogP contribution in [-0.4, -0.2) is 37.6 Å². The first-order valence-corrected chi connectivity index (χ1v) is 2.96. The lowest BCUT2D eigenvalue weighted by atomic mass is 10.2. The molecule has 3 nitrogen and oxygen atoms in total. The van der Waals surface area contributed by atoms with E-state index in [9.17, 15) is 4.79 Å². The molecule has 0 aromatic rings. The number of carbonyl (C=O) groups excluding carboxylic acids is 1. The van der Waals surface area contributed by atoms with Gasteiger partial charge in [-0.1, -0.05) is 0 Å². The highest BCUT2D eigenvalue weighted by Crippen LogP contribution is 1.99. The van der Waals surface area contributed by atoms with Gasteiger partial charge in [-0.25, -0.2) is 0 Å². The molecule has 0 radical (unpaired) electrons. The number of likely N-dealkylation sites (N-methyl/N-ethyl adjacent to an activating group) is 1. The van der Waals surface area contributed by atoms with E-state index >= 15 is 0 Å². The summed E-state index contributed by atoms with van der Waals surface area (Å²) in [5.41, 5.74) is 5.07. The van der Waals surface area contributed by atoms with Crippen LogP contribution in [0.5, 0.6) is 0 Å². The highest BCUT2D eigenvalue weighted by molar-refractivity contribution is 5.78. The minimum absolute atomic E-state index is 0.106. The van der Waals surface area contributed by atoms with Crippen molar-refractivity contribution in [3.05, 3.63) is 0 Å². The molecule has 1 atom stereocenters. The first-order chi connectivity index (χ1) is 3.85. The Bertz CT molecular complexity index is 115. The van der Waals surface area contributed by atoms with Gasteiger partial charge in [0.2, 0.25) is 0 Å². The van der Waals surface area contributed by atoms with E-state index in [0.29, 0.717) is 4.48 Å². The third kappa shape index (κ3) is 2.46. The van der Waals surface area contributed by atoms with Crippen molar-refractivity contribution in [3.8, 4) is 0 Å². The smallest absolute Gasteiger partial charge is 0.275 e. The second-order valence-electron chi connectivity index (χ2n) is 3.19. The van der Waals surface area contributed by atoms with Crippen molar-refractivity contribution in [1.82, 2.24) is 0 Å². The number of amides is 1. The van der Waals surface area contributed by atoms with E-state index in [2.05, 4.69) is 0 Å². The van der Waals surface area contributed by atoms with Crippen LogP contribution in [0.4, 0.5) is 0 Å². The van der Waals surface area contributed by atoms with E-state index in [4.69, 9.17) is 5.73 Å². The first-order valence-electron chi connectivity index (χ1n) is 2.96. The van der Waals surface area contributed by atoms with Gasteiger partial charge in [-0.05, 0) is 6.92 Å². The predicted octanol–water partition coefficient (Wildman–Crippen LogP) is -0.434. The Morgan fingerprint density at radius 1 is 1.44 bits per heavy atom. The van der Waals surface area contributed by atoms with Crippen LogP contribution in [0.15, 0.2) is 0 Å². The first kappa shape index (κ1) is 8.43. The van der Waals surface area contributed by atoms with E-state index in [1.165, 1.54) is 0 Å². The largest absolute Gasteiger partial charge is 0.365 e. The molecule has 54 valence electrons. The van der Waals surface area contributed by atoms with Crippen LogP contribution in [-0.2, 0) is 4.79 Å².